The summed E-state index contributed by atoms with van der Waals surface area (Å²) in [5.41, 5.74) is 0. The zero-order chi connectivity index (χ0) is 47.7. The lowest BCUT2D eigenvalue weighted by atomic mass is 10.0. The molecule has 0 heterocycles. The van der Waals surface area contributed by atoms with Crippen LogP contribution in [0, 0.1) is 17.8 Å². The fraction of sp³-hybridized carbons (Fsp3) is 0.949. The second-order valence-corrected chi connectivity index (χ2v) is 21.7. The predicted molar refractivity (Wildman–Crippen MR) is 279 cm³/mol. The lowest BCUT2D eigenvalue weighted by Gasteiger charge is -2.18. The normalized spacial score (nSPS) is 12.1. The molecule has 0 aliphatic carbocycles. The Bertz CT molecular complexity index is 1010. The maximum atomic E-state index is 12.9. The molecule has 65 heavy (non-hydrogen) atoms. The second-order valence-electron chi connectivity index (χ2n) is 21.7. The van der Waals surface area contributed by atoms with Crippen molar-refractivity contribution in [2.75, 3.05) is 13.2 Å². The molecule has 0 bridgehead atoms. The molecule has 0 amide bonds. The highest BCUT2D eigenvalue weighted by atomic mass is 16.6. The van der Waals surface area contributed by atoms with Crippen molar-refractivity contribution in [3.05, 3.63) is 0 Å². The molecule has 0 saturated heterocycles. The predicted octanol–water partition coefficient (Wildman–Crippen LogP) is 19.1. The highest BCUT2D eigenvalue weighted by molar-refractivity contribution is 5.71. The van der Waals surface area contributed by atoms with Crippen LogP contribution in [0.4, 0.5) is 0 Å². The van der Waals surface area contributed by atoms with Gasteiger partial charge in [-0.2, -0.15) is 0 Å². The quantitative estimate of drug-likeness (QED) is 0.0344. The van der Waals surface area contributed by atoms with Gasteiger partial charge in [0.15, 0.2) is 6.10 Å². The molecule has 0 radical (unpaired) electrons. The van der Waals surface area contributed by atoms with Crippen molar-refractivity contribution < 1.29 is 28.6 Å². The van der Waals surface area contributed by atoms with Crippen molar-refractivity contribution in [1.82, 2.24) is 0 Å². The standard InChI is InChI=1S/C59H114O6/c1-53(2)45-39-33-27-21-15-11-9-7-8-10-12-18-26-32-38-44-50-59(62)65-56(52-64-58(61)49-43-37-31-25-20-19-23-29-35-41-47-55(5)6)51-63-57(60)48-42-36-30-24-17-14-13-16-22-28-34-40-46-54(3)4/h53-56H,7-52H2,1-6H3/t56-/m0/s1. The van der Waals surface area contributed by atoms with Gasteiger partial charge in [-0.05, 0) is 37.0 Å². The van der Waals surface area contributed by atoms with E-state index in [1.54, 1.807) is 0 Å². The van der Waals surface area contributed by atoms with E-state index in [0.717, 1.165) is 75.5 Å². The number of rotatable bonds is 52. The van der Waals surface area contributed by atoms with Gasteiger partial charge in [-0.3, -0.25) is 14.4 Å². The van der Waals surface area contributed by atoms with Gasteiger partial charge in [0.1, 0.15) is 13.2 Å². The first kappa shape index (κ1) is 63.4. The van der Waals surface area contributed by atoms with Crippen molar-refractivity contribution >= 4 is 17.9 Å². The van der Waals surface area contributed by atoms with Gasteiger partial charge >= 0.3 is 17.9 Å². The molecule has 0 N–H and O–H groups in total. The Balaban J connectivity index is 4.29. The number of ether oxygens (including phenoxy) is 3. The van der Waals surface area contributed by atoms with Crippen molar-refractivity contribution in [3.8, 4) is 0 Å². The average Bonchev–Trinajstić information content (AvgIpc) is 3.26. The summed E-state index contributed by atoms with van der Waals surface area (Å²) in [6, 6.07) is 0. The molecular weight excluding hydrogens is 805 g/mol. The summed E-state index contributed by atoms with van der Waals surface area (Å²) >= 11 is 0. The van der Waals surface area contributed by atoms with Gasteiger partial charge in [-0.15, -0.1) is 0 Å². The lowest BCUT2D eigenvalue weighted by molar-refractivity contribution is -0.167. The molecule has 0 aromatic rings. The molecule has 1 atom stereocenters. The van der Waals surface area contributed by atoms with Crippen molar-refractivity contribution in [3.63, 3.8) is 0 Å². The molecule has 0 aromatic heterocycles. The van der Waals surface area contributed by atoms with Crippen LogP contribution in [0.15, 0.2) is 0 Å². The summed E-state index contributed by atoms with van der Waals surface area (Å²) in [5, 5.41) is 0. The molecule has 0 aliphatic rings. The van der Waals surface area contributed by atoms with Crippen LogP contribution in [0.3, 0.4) is 0 Å². The van der Waals surface area contributed by atoms with Gasteiger partial charge in [0.05, 0.1) is 0 Å². The number of carbonyl (C=O) groups excluding carboxylic acids is 3. The minimum Gasteiger partial charge on any atom is -0.462 e. The third kappa shape index (κ3) is 53.2. The van der Waals surface area contributed by atoms with Crippen LogP contribution in [0.1, 0.15) is 324 Å². The molecule has 0 rings (SSSR count). The second kappa shape index (κ2) is 50.3. The fourth-order valence-electron chi connectivity index (χ4n) is 9.00. The van der Waals surface area contributed by atoms with E-state index in [-0.39, 0.29) is 31.1 Å². The Kier molecular flexibility index (Phi) is 49.1. The number of hydrogen-bond acceptors (Lipinski definition) is 6. The van der Waals surface area contributed by atoms with Gasteiger partial charge in [-0.1, -0.05) is 286 Å². The third-order valence-electron chi connectivity index (χ3n) is 13.4. The minimum atomic E-state index is -0.764. The van der Waals surface area contributed by atoms with Crippen LogP contribution in [0.25, 0.3) is 0 Å². The van der Waals surface area contributed by atoms with Crippen molar-refractivity contribution in [2.24, 2.45) is 17.8 Å². The molecule has 0 spiro atoms. The zero-order valence-electron chi connectivity index (χ0n) is 44.8. The van der Waals surface area contributed by atoms with Gasteiger partial charge in [-0.25, -0.2) is 0 Å². The highest BCUT2D eigenvalue weighted by Gasteiger charge is 2.19. The van der Waals surface area contributed by atoms with Crippen LogP contribution in [0.5, 0.6) is 0 Å². The summed E-state index contributed by atoms with van der Waals surface area (Å²) in [7, 11) is 0. The maximum absolute atomic E-state index is 12.9. The first-order chi connectivity index (χ1) is 31.6. The smallest absolute Gasteiger partial charge is 0.306 e. The van der Waals surface area contributed by atoms with Gasteiger partial charge in [0.2, 0.25) is 0 Å². The van der Waals surface area contributed by atoms with E-state index >= 15 is 0 Å². The zero-order valence-corrected chi connectivity index (χ0v) is 44.8. The number of hydrogen-bond donors (Lipinski definition) is 0. The van der Waals surface area contributed by atoms with Crippen molar-refractivity contribution in [2.45, 2.75) is 330 Å². The van der Waals surface area contributed by atoms with E-state index in [0.29, 0.717) is 19.3 Å². The summed E-state index contributed by atoms with van der Waals surface area (Å²) < 4.78 is 16.9. The molecule has 6 nitrogen and oxygen atoms in total. The number of carbonyl (C=O) groups is 3. The molecule has 0 aromatic carbocycles. The topological polar surface area (TPSA) is 78.9 Å². The first-order valence-electron chi connectivity index (χ1n) is 29.1. The third-order valence-corrected chi connectivity index (χ3v) is 13.4. The van der Waals surface area contributed by atoms with E-state index in [1.807, 2.05) is 0 Å². The number of esters is 3. The minimum absolute atomic E-state index is 0.0636. The van der Waals surface area contributed by atoms with Gasteiger partial charge in [0, 0.05) is 19.3 Å². The SMILES string of the molecule is CC(C)CCCCCCCCCCCCCCCCCCC(=O)O[C@@H](COC(=O)CCCCCCCCCCCCCCC(C)C)COC(=O)CCCCCCCCCCCCC(C)C. The monoisotopic (exact) mass is 919 g/mol. The van der Waals surface area contributed by atoms with E-state index in [9.17, 15) is 14.4 Å². The Morgan fingerprint density at radius 3 is 0.662 bits per heavy atom. The summed E-state index contributed by atoms with van der Waals surface area (Å²) in [6.07, 6.45) is 52.4. The van der Waals surface area contributed by atoms with E-state index in [4.69, 9.17) is 14.2 Å². The number of unbranched alkanes of at least 4 members (excludes halogenated alkanes) is 35. The largest absolute Gasteiger partial charge is 0.462 e. The summed E-state index contributed by atoms with van der Waals surface area (Å²) in [5.74, 6) is 1.66. The van der Waals surface area contributed by atoms with Gasteiger partial charge in [0.25, 0.3) is 0 Å². The molecule has 0 unspecified atom stereocenters. The average molecular weight is 920 g/mol. The van der Waals surface area contributed by atoms with E-state index in [1.165, 1.54) is 205 Å². The molecule has 0 saturated carbocycles. The first-order valence-corrected chi connectivity index (χ1v) is 29.1. The Morgan fingerprint density at radius 2 is 0.446 bits per heavy atom. The van der Waals surface area contributed by atoms with Crippen molar-refractivity contribution in [1.29, 1.82) is 0 Å². The van der Waals surface area contributed by atoms with Crippen LogP contribution in [0.2, 0.25) is 0 Å². The van der Waals surface area contributed by atoms with E-state index < -0.39 is 6.10 Å². The van der Waals surface area contributed by atoms with Gasteiger partial charge < -0.3 is 14.2 Å². The Labute approximate surface area is 406 Å². The fourth-order valence-corrected chi connectivity index (χ4v) is 9.00. The Morgan fingerprint density at radius 1 is 0.262 bits per heavy atom. The van der Waals surface area contributed by atoms with Crippen LogP contribution >= 0.6 is 0 Å². The molecule has 6 heteroatoms. The molecular formula is C59H114O6. The van der Waals surface area contributed by atoms with Crippen LogP contribution < -0.4 is 0 Å². The molecule has 386 valence electrons. The highest BCUT2D eigenvalue weighted by Crippen LogP contribution is 2.18. The van der Waals surface area contributed by atoms with E-state index in [2.05, 4.69) is 41.5 Å². The Hall–Kier alpha value is -1.59. The summed E-state index contributed by atoms with van der Waals surface area (Å²) in [6.45, 7) is 13.8. The lowest BCUT2D eigenvalue weighted by Crippen LogP contribution is -2.30. The molecule has 0 aliphatic heterocycles. The summed E-state index contributed by atoms with van der Waals surface area (Å²) in [4.78, 5) is 38.1. The van der Waals surface area contributed by atoms with Crippen LogP contribution in [-0.2, 0) is 28.6 Å². The maximum Gasteiger partial charge on any atom is 0.306 e. The molecule has 0 fully saturated rings. The van der Waals surface area contributed by atoms with Crippen LogP contribution in [-0.4, -0.2) is 37.2 Å².